The highest BCUT2D eigenvalue weighted by molar-refractivity contribution is 6.09. The van der Waals surface area contributed by atoms with Gasteiger partial charge in [0.1, 0.15) is 29.8 Å². The molecule has 0 saturated carbocycles. The van der Waals surface area contributed by atoms with Crippen LogP contribution in [-0.2, 0) is 13.7 Å². The number of hydrogen-bond acceptors (Lipinski definition) is 6. The molecule has 2 aromatic carbocycles. The molecule has 3 heterocycles. The Kier molecular flexibility index (Phi) is 4.99. The Bertz CT molecular complexity index is 1500. The molecule has 8 heteroatoms. The molecule has 3 aromatic heterocycles. The molecular weight excluding hydrogens is 414 g/mol. The molecule has 0 aliphatic heterocycles. The van der Waals surface area contributed by atoms with E-state index in [9.17, 15) is 5.26 Å². The van der Waals surface area contributed by atoms with Crippen LogP contribution in [0.3, 0.4) is 0 Å². The Labute approximate surface area is 190 Å². The molecule has 0 aliphatic carbocycles. The second-order valence-electron chi connectivity index (χ2n) is 7.77. The van der Waals surface area contributed by atoms with Gasteiger partial charge in [-0.05, 0) is 29.7 Å². The minimum Gasteiger partial charge on any atom is -0.489 e. The Hall–Kier alpha value is -4.64. The number of aromatic amines is 1. The molecule has 0 unspecified atom stereocenters. The first-order valence-electron chi connectivity index (χ1n) is 10.4. The number of benzene rings is 2. The predicted octanol–water partition coefficient (Wildman–Crippen LogP) is 4.37. The van der Waals surface area contributed by atoms with E-state index in [2.05, 4.69) is 26.5 Å². The summed E-state index contributed by atoms with van der Waals surface area (Å²) in [7, 11) is 1.88. The number of anilines is 1. The molecule has 0 atom stereocenters. The highest BCUT2D eigenvalue weighted by Gasteiger charge is 2.23. The highest BCUT2D eigenvalue weighted by atomic mass is 16.5. The van der Waals surface area contributed by atoms with E-state index in [1.807, 2.05) is 73.3 Å². The first-order valence-corrected chi connectivity index (χ1v) is 10.4. The molecule has 0 saturated heterocycles. The number of hydrogen-bond donors (Lipinski definition) is 2. The van der Waals surface area contributed by atoms with Crippen LogP contribution in [0.5, 0.6) is 5.75 Å². The lowest BCUT2D eigenvalue weighted by molar-refractivity contribution is 0.304. The monoisotopic (exact) mass is 435 g/mol. The first-order chi connectivity index (χ1) is 16.1. The van der Waals surface area contributed by atoms with Gasteiger partial charge in [0.15, 0.2) is 5.69 Å². The van der Waals surface area contributed by atoms with E-state index in [0.29, 0.717) is 23.6 Å². The summed E-state index contributed by atoms with van der Waals surface area (Å²) in [5.74, 6) is 0.748. The number of aromatic nitrogens is 5. The third kappa shape index (κ3) is 3.46. The number of nitrogens with zero attached hydrogens (tertiary/aromatic N) is 5. The van der Waals surface area contributed by atoms with Crippen molar-refractivity contribution in [2.45, 2.75) is 13.5 Å². The zero-order valence-electron chi connectivity index (χ0n) is 18.2. The van der Waals surface area contributed by atoms with E-state index < -0.39 is 0 Å². The zero-order chi connectivity index (χ0) is 22.9. The molecule has 5 aromatic rings. The van der Waals surface area contributed by atoms with Crippen LogP contribution < -0.4 is 10.5 Å². The van der Waals surface area contributed by atoms with Crippen LogP contribution in [-0.4, -0.2) is 25.0 Å². The Morgan fingerprint density at radius 1 is 1.12 bits per heavy atom. The van der Waals surface area contributed by atoms with Crippen LogP contribution in [0.1, 0.15) is 16.8 Å². The van der Waals surface area contributed by atoms with E-state index in [4.69, 9.17) is 10.5 Å². The average Bonchev–Trinajstić information content (AvgIpc) is 3.47. The largest absolute Gasteiger partial charge is 0.489 e. The van der Waals surface area contributed by atoms with E-state index >= 15 is 0 Å². The summed E-state index contributed by atoms with van der Waals surface area (Å²) in [6.45, 7) is 2.44. The maximum absolute atomic E-state index is 9.71. The van der Waals surface area contributed by atoms with Gasteiger partial charge < -0.3 is 15.0 Å². The second-order valence-corrected chi connectivity index (χ2v) is 7.77. The van der Waals surface area contributed by atoms with Crippen LogP contribution in [0.15, 0.2) is 60.9 Å². The molecule has 0 amide bonds. The summed E-state index contributed by atoms with van der Waals surface area (Å²) >= 11 is 0. The third-order valence-electron chi connectivity index (χ3n) is 5.73. The van der Waals surface area contributed by atoms with Crippen molar-refractivity contribution in [3.63, 3.8) is 0 Å². The Morgan fingerprint density at radius 2 is 1.94 bits per heavy atom. The number of nitrogens with one attached hydrogen (secondary N) is 1. The van der Waals surface area contributed by atoms with Crippen molar-refractivity contribution in [2.75, 3.05) is 5.73 Å². The van der Waals surface area contributed by atoms with Gasteiger partial charge in [-0.25, -0.2) is 4.98 Å². The van der Waals surface area contributed by atoms with E-state index in [1.165, 1.54) is 0 Å². The molecule has 0 fully saturated rings. The van der Waals surface area contributed by atoms with Crippen molar-refractivity contribution in [1.29, 1.82) is 5.26 Å². The average molecular weight is 435 g/mol. The van der Waals surface area contributed by atoms with Gasteiger partial charge >= 0.3 is 0 Å². The van der Waals surface area contributed by atoms with Crippen molar-refractivity contribution in [3.8, 4) is 34.2 Å². The molecular formula is C25H21N7O. The number of nitriles is 1. The molecule has 5 rings (SSSR count). The molecule has 162 valence electrons. The number of pyridine rings is 1. The highest BCUT2D eigenvalue weighted by Crippen LogP contribution is 2.43. The Balaban J connectivity index is 1.71. The predicted molar refractivity (Wildman–Crippen MR) is 126 cm³/mol. The fraction of sp³-hybridized carbons (Fsp3) is 0.120. The minimum absolute atomic E-state index is 0.181. The summed E-state index contributed by atoms with van der Waals surface area (Å²) in [5, 5.41) is 21.4. The zero-order valence-corrected chi connectivity index (χ0v) is 18.2. The standard InChI is InChI=1S/C25H21N7O/c1-15-17(9-6-10-21(15)33-14-16-7-4-3-5-8-16)22-23-18(20-12-28-31-30-20)13-32(2)25(23)29-19(11-26)24(22)27/h3-10,12-13H,14,27H2,1-2H3,(H,28,30,31). The van der Waals surface area contributed by atoms with Crippen LogP contribution in [0, 0.1) is 18.3 Å². The summed E-state index contributed by atoms with van der Waals surface area (Å²) in [5.41, 5.74) is 12.8. The normalized spacial score (nSPS) is 10.9. The quantitative estimate of drug-likeness (QED) is 0.423. The van der Waals surface area contributed by atoms with Gasteiger partial charge in [-0.15, -0.1) is 0 Å². The van der Waals surface area contributed by atoms with Gasteiger partial charge in [0, 0.05) is 29.8 Å². The lowest BCUT2D eigenvalue weighted by Crippen LogP contribution is -2.03. The van der Waals surface area contributed by atoms with Gasteiger partial charge in [0.25, 0.3) is 0 Å². The topological polar surface area (TPSA) is 118 Å². The summed E-state index contributed by atoms with van der Waals surface area (Å²) in [6, 6.07) is 18.0. The summed E-state index contributed by atoms with van der Waals surface area (Å²) in [6.07, 6.45) is 3.57. The fourth-order valence-corrected chi connectivity index (χ4v) is 4.08. The van der Waals surface area contributed by atoms with Gasteiger partial charge in [-0.2, -0.15) is 20.7 Å². The van der Waals surface area contributed by atoms with Crippen molar-refractivity contribution in [2.24, 2.45) is 7.05 Å². The number of nitrogen functional groups attached to an aromatic ring is 1. The number of rotatable bonds is 5. The molecule has 0 aliphatic rings. The van der Waals surface area contributed by atoms with Crippen molar-refractivity contribution in [1.82, 2.24) is 25.0 Å². The molecule has 0 spiro atoms. The van der Waals surface area contributed by atoms with Crippen molar-refractivity contribution < 1.29 is 4.74 Å². The molecule has 3 N–H and O–H groups in total. The van der Waals surface area contributed by atoms with Gasteiger partial charge in [-0.3, -0.25) is 0 Å². The molecule has 8 nitrogen and oxygen atoms in total. The summed E-state index contributed by atoms with van der Waals surface area (Å²) < 4.78 is 8.02. The summed E-state index contributed by atoms with van der Waals surface area (Å²) in [4.78, 5) is 4.52. The fourth-order valence-electron chi connectivity index (χ4n) is 4.08. The van der Waals surface area contributed by atoms with Crippen molar-refractivity contribution >= 4 is 16.7 Å². The number of aryl methyl sites for hydroxylation is 1. The van der Waals surface area contributed by atoms with Gasteiger partial charge in [0.05, 0.1) is 11.9 Å². The van der Waals surface area contributed by atoms with Crippen LogP contribution in [0.25, 0.3) is 33.4 Å². The van der Waals surface area contributed by atoms with Crippen LogP contribution in [0.2, 0.25) is 0 Å². The number of nitrogens with two attached hydrogens (primary N) is 1. The third-order valence-corrected chi connectivity index (χ3v) is 5.73. The van der Waals surface area contributed by atoms with Crippen LogP contribution >= 0.6 is 0 Å². The van der Waals surface area contributed by atoms with E-state index in [0.717, 1.165) is 39.0 Å². The molecule has 0 bridgehead atoms. The number of H-pyrrole nitrogens is 1. The number of ether oxygens (including phenoxy) is 1. The maximum Gasteiger partial charge on any atom is 0.166 e. The SMILES string of the molecule is Cc1c(OCc2ccccc2)cccc1-c1c(N)c(C#N)nc2c1c(-c1cn[nH]n1)cn2C. The second kappa shape index (κ2) is 8.13. The maximum atomic E-state index is 9.71. The lowest BCUT2D eigenvalue weighted by atomic mass is 9.93. The van der Waals surface area contributed by atoms with Gasteiger partial charge in [-0.1, -0.05) is 42.5 Å². The lowest BCUT2D eigenvalue weighted by Gasteiger charge is -2.16. The van der Waals surface area contributed by atoms with Crippen molar-refractivity contribution in [3.05, 3.63) is 77.7 Å². The van der Waals surface area contributed by atoms with E-state index in [-0.39, 0.29) is 5.69 Å². The molecule has 0 radical (unpaired) electrons. The first kappa shape index (κ1) is 20.3. The van der Waals surface area contributed by atoms with Crippen LogP contribution in [0.4, 0.5) is 5.69 Å². The molecule has 33 heavy (non-hydrogen) atoms. The smallest absolute Gasteiger partial charge is 0.166 e. The van der Waals surface area contributed by atoms with Gasteiger partial charge in [0.2, 0.25) is 0 Å². The Morgan fingerprint density at radius 3 is 2.67 bits per heavy atom. The minimum atomic E-state index is 0.181. The van der Waals surface area contributed by atoms with E-state index in [1.54, 1.807) is 6.20 Å². The number of fused-ring (bicyclic) bond motifs is 1.